The minimum atomic E-state index is -0.802. The average molecular weight is 287 g/mol. The molecule has 3 rings (SSSR count). The molecule has 1 unspecified atom stereocenters. The van der Waals surface area contributed by atoms with Gasteiger partial charge >= 0.3 is 0 Å². The smallest absolute Gasteiger partial charge is 0.252 e. The molecule has 1 N–H and O–H groups in total. The topological polar surface area (TPSA) is 56.1 Å². The number of hydrogen-bond donors (Lipinski definition) is 1. The lowest BCUT2D eigenvalue weighted by Crippen LogP contribution is -2.57. The van der Waals surface area contributed by atoms with Gasteiger partial charge in [-0.15, -0.1) is 0 Å². The summed E-state index contributed by atoms with van der Waals surface area (Å²) < 4.78 is 12.9. The molecule has 2 saturated heterocycles. The van der Waals surface area contributed by atoms with E-state index in [0.29, 0.717) is 30.5 Å². The number of hydrogen-bond acceptors (Lipinski definition) is 3. The zero-order chi connectivity index (χ0) is 15.0. The van der Waals surface area contributed by atoms with E-state index in [1.54, 1.807) is 0 Å². The summed E-state index contributed by atoms with van der Waals surface area (Å²) in [7, 11) is 2.09. The average Bonchev–Trinajstić information content (AvgIpc) is 2.71. The fourth-order valence-corrected chi connectivity index (χ4v) is 3.58. The van der Waals surface area contributed by atoms with Gasteiger partial charge in [0.05, 0.1) is 6.07 Å². The van der Waals surface area contributed by atoms with Crippen molar-refractivity contribution in [3.63, 3.8) is 0 Å². The highest BCUT2D eigenvalue weighted by molar-refractivity contribution is 5.94. The van der Waals surface area contributed by atoms with Crippen LogP contribution in [0.4, 0.5) is 4.39 Å². The van der Waals surface area contributed by atoms with Crippen molar-refractivity contribution >= 4 is 5.91 Å². The largest absolute Gasteiger partial charge is 0.334 e. The van der Waals surface area contributed by atoms with Crippen LogP contribution in [0.5, 0.6) is 0 Å². The molecule has 110 valence electrons. The first-order chi connectivity index (χ1) is 10.0. The molecule has 5 heteroatoms. The van der Waals surface area contributed by atoms with Crippen molar-refractivity contribution < 1.29 is 9.18 Å². The highest BCUT2D eigenvalue weighted by atomic mass is 19.1. The molecule has 2 fully saturated rings. The number of nitriles is 1. The van der Waals surface area contributed by atoms with Gasteiger partial charge in [0.25, 0.3) is 5.91 Å². The first-order valence-corrected chi connectivity index (χ1v) is 7.24. The number of nitrogens with zero attached hydrogens (tertiary/aromatic N) is 2. The number of piperidine rings is 1. The Morgan fingerprint density at radius 2 is 1.90 bits per heavy atom. The lowest BCUT2D eigenvalue weighted by Gasteiger charge is -2.41. The van der Waals surface area contributed by atoms with Crippen LogP contribution in [0, 0.1) is 17.1 Å². The van der Waals surface area contributed by atoms with E-state index < -0.39 is 5.54 Å². The van der Waals surface area contributed by atoms with Crippen LogP contribution in [0.15, 0.2) is 24.3 Å². The lowest BCUT2D eigenvalue weighted by molar-refractivity contribution is 0.0808. The van der Waals surface area contributed by atoms with Gasteiger partial charge in [0.2, 0.25) is 0 Å². The van der Waals surface area contributed by atoms with Gasteiger partial charge in [-0.2, -0.15) is 5.26 Å². The highest BCUT2D eigenvalue weighted by Gasteiger charge is 2.48. The van der Waals surface area contributed by atoms with E-state index >= 15 is 0 Å². The molecule has 0 radical (unpaired) electrons. The second-order valence-electron chi connectivity index (χ2n) is 6.11. The zero-order valence-corrected chi connectivity index (χ0v) is 12.0. The minimum absolute atomic E-state index is 0.305. The zero-order valence-electron chi connectivity index (χ0n) is 12.0. The van der Waals surface area contributed by atoms with Crippen LogP contribution in [-0.2, 0) is 0 Å². The Bertz CT molecular complexity index is 579. The minimum Gasteiger partial charge on any atom is -0.334 e. The summed E-state index contributed by atoms with van der Waals surface area (Å²) in [6.07, 6.45) is 3.47. The third-order valence-electron chi connectivity index (χ3n) is 4.83. The van der Waals surface area contributed by atoms with Gasteiger partial charge in [-0.05, 0) is 57.0 Å². The van der Waals surface area contributed by atoms with Gasteiger partial charge in [-0.3, -0.25) is 4.79 Å². The molecule has 0 aliphatic carbocycles. The lowest BCUT2D eigenvalue weighted by atomic mass is 9.84. The molecule has 1 aromatic carbocycles. The molecule has 1 amide bonds. The third-order valence-corrected chi connectivity index (χ3v) is 4.83. The normalized spacial score (nSPS) is 31.7. The number of carbonyl (C=O) groups excluding carboxylic acids is 1. The quantitative estimate of drug-likeness (QED) is 0.906. The summed E-state index contributed by atoms with van der Waals surface area (Å²) in [5, 5.41) is 12.5. The van der Waals surface area contributed by atoms with Gasteiger partial charge in [0, 0.05) is 17.6 Å². The molecule has 3 atom stereocenters. The van der Waals surface area contributed by atoms with Crippen molar-refractivity contribution in [2.45, 2.75) is 43.3 Å². The van der Waals surface area contributed by atoms with E-state index in [1.165, 1.54) is 24.3 Å². The van der Waals surface area contributed by atoms with Crippen LogP contribution in [-0.4, -0.2) is 35.5 Å². The van der Waals surface area contributed by atoms with E-state index in [0.717, 1.165) is 12.8 Å². The van der Waals surface area contributed by atoms with Gasteiger partial charge in [-0.1, -0.05) is 0 Å². The molecule has 2 bridgehead atoms. The summed E-state index contributed by atoms with van der Waals surface area (Å²) in [5.41, 5.74) is -0.415. The number of halogens is 1. The first-order valence-electron chi connectivity index (χ1n) is 7.24. The third kappa shape index (κ3) is 2.52. The van der Waals surface area contributed by atoms with Crippen LogP contribution in [0.3, 0.4) is 0 Å². The Balaban J connectivity index is 1.78. The van der Waals surface area contributed by atoms with E-state index in [4.69, 9.17) is 0 Å². The Morgan fingerprint density at radius 3 is 2.43 bits per heavy atom. The van der Waals surface area contributed by atoms with Crippen molar-refractivity contribution in [3.05, 3.63) is 35.6 Å². The summed E-state index contributed by atoms with van der Waals surface area (Å²) in [6, 6.07) is 8.43. The molecule has 4 nitrogen and oxygen atoms in total. The van der Waals surface area contributed by atoms with Gasteiger partial charge in [0.15, 0.2) is 0 Å². The predicted octanol–water partition coefficient (Wildman–Crippen LogP) is 2.07. The summed E-state index contributed by atoms with van der Waals surface area (Å²) in [6.45, 7) is 0. The molecule has 21 heavy (non-hydrogen) atoms. The van der Waals surface area contributed by atoms with Crippen LogP contribution in [0.25, 0.3) is 0 Å². The van der Waals surface area contributed by atoms with Crippen molar-refractivity contribution in [3.8, 4) is 6.07 Å². The summed E-state index contributed by atoms with van der Waals surface area (Å²) >= 11 is 0. The number of benzene rings is 1. The second-order valence-corrected chi connectivity index (χ2v) is 6.11. The monoisotopic (exact) mass is 287 g/mol. The van der Waals surface area contributed by atoms with Crippen LogP contribution in [0.1, 0.15) is 36.0 Å². The second kappa shape index (κ2) is 5.12. The van der Waals surface area contributed by atoms with E-state index in [9.17, 15) is 14.4 Å². The molecular weight excluding hydrogens is 269 g/mol. The first kappa shape index (κ1) is 14.0. The Kier molecular flexibility index (Phi) is 3.42. The molecule has 1 aromatic rings. The fourth-order valence-electron chi connectivity index (χ4n) is 3.58. The van der Waals surface area contributed by atoms with E-state index in [1.807, 2.05) is 0 Å². The van der Waals surface area contributed by atoms with Crippen molar-refractivity contribution in [2.75, 3.05) is 7.05 Å². The molecule has 2 aliphatic rings. The van der Waals surface area contributed by atoms with Crippen molar-refractivity contribution in [1.29, 1.82) is 5.26 Å². The highest BCUT2D eigenvalue weighted by Crippen LogP contribution is 2.39. The molecule has 0 aromatic heterocycles. The predicted molar refractivity (Wildman–Crippen MR) is 76.0 cm³/mol. The molecular formula is C16H18FN3O. The molecule has 2 heterocycles. The van der Waals surface area contributed by atoms with Gasteiger partial charge in [-0.25, -0.2) is 4.39 Å². The maximum absolute atomic E-state index is 12.9. The SMILES string of the molecule is CN1[C@@H]2CC[C@H]1CC(C#N)(NC(=O)c1ccc(F)cc1)C2. The molecule has 2 aliphatic heterocycles. The number of rotatable bonds is 2. The van der Waals surface area contributed by atoms with Crippen molar-refractivity contribution in [1.82, 2.24) is 10.2 Å². The Labute approximate surface area is 123 Å². The fraction of sp³-hybridized carbons (Fsp3) is 0.500. The maximum Gasteiger partial charge on any atom is 0.252 e. The Morgan fingerprint density at radius 1 is 1.33 bits per heavy atom. The number of fused-ring (bicyclic) bond motifs is 2. The van der Waals surface area contributed by atoms with E-state index in [2.05, 4.69) is 23.3 Å². The van der Waals surface area contributed by atoms with Crippen LogP contribution in [0.2, 0.25) is 0 Å². The number of nitrogens with one attached hydrogen (secondary N) is 1. The molecule has 0 saturated carbocycles. The number of carbonyl (C=O) groups is 1. The summed E-state index contributed by atoms with van der Waals surface area (Å²) in [5.74, 6) is -0.681. The van der Waals surface area contributed by atoms with Gasteiger partial charge < -0.3 is 10.2 Å². The van der Waals surface area contributed by atoms with Gasteiger partial charge in [0.1, 0.15) is 11.4 Å². The maximum atomic E-state index is 12.9. The van der Waals surface area contributed by atoms with E-state index in [-0.39, 0.29) is 11.7 Å². The summed E-state index contributed by atoms with van der Waals surface area (Å²) in [4.78, 5) is 14.6. The molecule has 0 spiro atoms. The number of amides is 1. The van der Waals surface area contributed by atoms with Crippen LogP contribution >= 0.6 is 0 Å². The van der Waals surface area contributed by atoms with Crippen LogP contribution < -0.4 is 5.32 Å². The van der Waals surface area contributed by atoms with Crippen molar-refractivity contribution in [2.24, 2.45) is 0 Å². The standard InChI is InChI=1S/C16H18FN3O/c1-20-13-6-7-14(20)9-16(8-13,10-18)19-15(21)11-2-4-12(17)5-3-11/h2-5,13-14H,6-9H2,1H3,(H,19,21)/t13-,14+,16?. The Hall–Kier alpha value is -1.93.